The number of hydrogen-bond acceptors (Lipinski definition) is 7. The minimum Gasteiger partial charge on any atom is -0.475 e. The fourth-order valence-corrected chi connectivity index (χ4v) is 5.47. The Kier molecular flexibility index (Phi) is 10.6. The lowest BCUT2D eigenvalue weighted by atomic mass is 10.1. The molecule has 2 fully saturated rings. The van der Waals surface area contributed by atoms with Gasteiger partial charge in [-0.3, -0.25) is 14.3 Å². The van der Waals surface area contributed by atoms with Crippen LogP contribution in [0.5, 0.6) is 0 Å². The number of carboxylic acid groups (broad SMARTS) is 1. The smallest absolute Gasteiger partial charge is 0.475 e. The summed E-state index contributed by atoms with van der Waals surface area (Å²) >= 11 is 0. The van der Waals surface area contributed by atoms with Gasteiger partial charge < -0.3 is 26.0 Å². The Morgan fingerprint density at radius 1 is 1.00 bits per heavy atom. The first kappa shape index (κ1) is 31.7. The Balaban J connectivity index is 0.000000587. The Morgan fingerprint density at radius 3 is 2.12 bits per heavy atom. The van der Waals surface area contributed by atoms with E-state index in [2.05, 4.69) is 25.6 Å². The van der Waals surface area contributed by atoms with Crippen molar-refractivity contribution in [3.63, 3.8) is 0 Å². The van der Waals surface area contributed by atoms with Crippen LogP contribution in [0, 0.1) is 0 Å². The molecule has 0 spiro atoms. The van der Waals surface area contributed by atoms with Crippen LogP contribution in [0.1, 0.15) is 43.0 Å². The van der Waals surface area contributed by atoms with E-state index in [1.54, 1.807) is 24.3 Å². The number of carbonyl (C=O) groups is 3. The molecule has 0 bridgehead atoms. The molecule has 4 rings (SSSR count). The number of piperazine rings is 1. The molecule has 0 unspecified atom stereocenters. The van der Waals surface area contributed by atoms with Crippen LogP contribution in [0.25, 0.3) is 0 Å². The van der Waals surface area contributed by atoms with Gasteiger partial charge >= 0.3 is 12.1 Å². The summed E-state index contributed by atoms with van der Waals surface area (Å²) < 4.78 is 60.8. The van der Waals surface area contributed by atoms with E-state index in [1.165, 1.54) is 19.1 Å². The minimum absolute atomic E-state index is 0.0636. The van der Waals surface area contributed by atoms with Gasteiger partial charge in [0.1, 0.15) is 0 Å². The molecule has 0 radical (unpaired) electrons. The van der Waals surface area contributed by atoms with E-state index in [0.29, 0.717) is 16.9 Å². The van der Waals surface area contributed by atoms with E-state index >= 15 is 0 Å². The van der Waals surface area contributed by atoms with Crippen LogP contribution < -0.4 is 25.6 Å². The first-order chi connectivity index (χ1) is 19.3. The number of aliphatic carboxylic acids is 1. The molecule has 1 saturated carbocycles. The summed E-state index contributed by atoms with van der Waals surface area (Å²) in [6.45, 7) is 4.43. The van der Waals surface area contributed by atoms with Gasteiger partial charge in [-0.15, -0.1) is 0 Å². The van der Waals surface area contributed by atoms with Crippen LogP contribution in [0.3, 0.4) is 0 Å². The number of benzene rings is 2. The van der Waals surface area contributed by atoms with Crippen molar-refractivity contribution >= 4 is 44.9 Å². The Labute approximate surface area is 235 Å². The van der Waals surface area contributed by atoms with Gasteiger partial charge in [-0.1, -0.05) is 12.8 Å². The third-order valence-corrected chi connectivity index (χ3v) is 7.76. The standard InChI is InChI=1S/C24H31N5O4S.C2HF3O2/c1-17(30)26-20-7-9-21(10-8-20)34(32,33)28-22-16-18(24(31)27-19-4-2-3-5-19)6-11-23(22)29-14-12-25-13-15-29;3-2(4,5)1(6)7/h6-11,16,19,25,28H,2-5,12-15H2,1H3,(H,26,30)(H,27,31);(H,6,7). The van der Waals surface area contributed by atoms with Crippen molar-refractivity contribution in [2.45, 2.75) is 49.7 Å². The van der Waals surface area contributed by atoms with E-state index in [1.807, 2.05) is 6.07 Å². The third-order valence-electron chi connectivity index (χ3n) is 6.38. The SMILES string of the molecule is CC(=O)Nc1ccc(S(=O)(=O)Nc2cc(C(=O)NC3CCCC3)ccc2N2CCNCC2)cc1.O=C(O)C(F)(F)F. The van der Waals surface area contributed by atoms with Crippen molar-refractivity contribution in [3.05, 3.63) is 48.0 Å². The number of amides is 2. The second-order valence-electron chi connectivity index (χ2n) is 9.54. The Hall–Kier alpha value is -3.85. The number of nitrogens with zero attached hydrogens (tertiary/aromatic N) is 1. The zero-order chi connectivity index (χ0) is 30.2. The first-order valence-corrected chi connectivity index (χ1v) is 14.4. The Bertz CT molecular complexity index is 1340. The number of hydrogen-bond donors (Lipinski definition) is 5. The van der Waals surface area contributed by atoms with Gasteiger partial charge in [0.2, 0.25) is 5.91 Å². The van der Waals surface area contributed by atoms with Crippen LogP contribution in [0.2, 0.25) is 0 Å². The highest BCUT2D eigenvalue weighted by atomic mass is 32.2. The lowest BCUT2D eigenvalue weighted by molar-refractivity contribution is -0.192. The number of sulfonamides is 1. The summed E-state index contributed by atoms with van der Waals surface area (Å²) in [4.78, 5) is 35.2. The fraction of sp³-hybridized carbons (Fsp3) is 0.423. The summed E-state index contributed by atoms with van der Waals surface area (Å²) in [6.07, 6.45) is -0.922. The van der Waals surface area contributed by atoms with E-state index in [-0.39, 0.29) is 22.8 Å². The number of anilines is 3. The fourth-order valence-electron chi connectivity index (χ4n) is 4.40. The molecule has 224 valence electrons. The van der Waals surface area contributed by atoms with Crippen molar-refractivity contribution in [2.24, 2.45) is 0 Å². The lowest BCUT2D eigenvalue weighted by Gasteiger charge is -2.31. The molecule has 41 heavy (non-hydrogen) atoms. The van der Waals surface area contributed by atoms with E-state index in [4.69, 9.17) is 9.90 Å². The predicted molar refractivity (Wildman–Crippen MR) is 146 cm³/mol. The lowest BCUT2D eigenvalue weighted by Crippen LogP contribution is -2.43. The van der Waals surface area contributed by atoms with Crippen LogP contribution in [-0.4, -0.2) is 69.7 Å². The van der Waals surface area contributed by atoms with Crippen molar-refractivity contribution in [2.75, 3.05) is 41.1 Å². The van der Waals surface area contributed by atoms with Crippen molar-refractivity contribution in [1.82, 2.24) is 10.6 Å². The third kappa shape index (κ3) is 9.35. The monoisotopic (exact) mass is 599 g/mol. The normalized spacial score (nSPS) is 15.9. The summed E-state index contributed by atoms with van der Waals surface area (Å²) in [7, 11) is -3.92. The number of carbonyl (C=O) groups excluding carboxylic acids is 2. The van der Waals surface area contributed by atoms with Crippen LogP contribution >= 0.6 is 0 Å². The van der Waals surface area contributed by atoms with Crippen LogP contribution in [0.15, 0.2) is 47.4 Å². The summed E-state index contributed by atoms with van der Waals surface area (Å²) in [6, 6.07) is 11.3. The van der Waals surface area contributed by atoms with Gasteiger partial charge in [-0.2, -0.15) is 13.2 Å². The number of halogens is 3. The van der Waals surface area contributed by atoms with E-state index in [9.17, 15) is 31.2 Å². The quantitative estimate of drug-likeness (QED) is 0.325. The van der Waals surface area contributed by atoms with E-state index < -0.39 is 22.2 Å². The summed E-state index contributed by atoms with van der Waals surface area (Å²) in [5.41, 5.74) is 2.03. The van der Waals surface area contributed by atoms with Gasteiger partial charge in [0.15, 0.2) is 0 Å². The van der Waals surface area contributed by atoms with Gasteiger partial charge in [0.25, 0.3) is 15.9 Å². The molecular formula is C26H32F3N5O6S. The molecule has 1 aliphatic heterocycles. The molecule has 1 aliphatic carbocycles. The van der Waals surface area contributed by atoms with Crippen LogP contribution in [0.4, 0.5) is 30.2 Å². The number of carboxylic acids is 1. The maximum Gasteiger partial charge on any atom is 0.490 e. The topological polar surface area (TPSA) is 157 Å². The molecule has 2 aliphatic rings. The molecule has 2 amide bonds. The predicted octanol–water partition coefficient (Wildman–Crippen LogP) is 3.16. The van der Waals surface area contributed by atoms with Gasteiger partial charge in [0, 0.05) is 50.4 Å². The molecule has 1 saturated heterocycles. The van der Waals surface area contributed by atoms with E-state index in [0.717, 1.165) is 57.5 Å². The average molecular weight is 600 g/mol. The zero-order valence-electron chi connectivity index (χ0n) is 22.3. The molecular weight excluding hydrogens is 567 g/mol. The number of rotatable bonds is 7. The maximum absolute atomic E-state index is 13.2. The van der Waals surface area contributed by atoms with Crippen molar-refractivity contribution in [3.8, 4) is 0 Å². The van der Waals surface area contributed by atoms with Crippen molar-refractivity contribution in [1.29, 1.82) is 0 Å². The molecule has 0 aromatic heterocycles. The first-order valence-electron chi connectivity index (χ1n) is 12.9. The molecule has 5 N–H and O–H groups in total. The van der Waals surface area contributed by atoms with Gasteiger partial charge in [-0.05, 0) is 55.3 Å². The number of alkyl halides is 3. The van der Waals surface area contributed by atoms with Gasteiger partial charge in [0.05, 0.1) is 16.3 Å². The second kappa shape index (κ2) is 13.7. The molecule has 0 atom stereocenters. The highest BCUT2D eigenvalue weighted by Gasteiger charge is 2.38. The zero-order valence-corrected chi connectivity index (χ0v) is 23.1. The highest BCUT2D eigenvalue weighted by Crippen LogP contribution is 2.30. The average Bonchev–Trinajstić information content (AvgIpc) is 3.42. The maximum atomic E-state index is 13.2. The largest absolute Gasteiger partial charge is 0.490 e. The molecule has 2 aromatic rings. The highest BCUT2D eigenvalue weighted by molar-refractivity contribution is 7.92. The summed E-state index contributed by atoms with van der Waals surface area (Å²) in [5, 5.41) is 16.1. The van der Waals surface area contributed by atoms with Crippen LogP contribution in [-0.2, 0) is 19.6 Å². The molecule has 2 aromatic carbocycles. The Morgan fingerprint density at radius 2 is 1.59 bits per heavy atom. The minimum atomic E-state index is -5.08. The van der Waals surface area contributed by atoms with Crippen molar-refractivity contribution < 1.29 is 41.1 Å². The number of nitrogens with one attached hydrogen (secondary N) is 4. The molecule has 11 nitrogen and oxygen atoms in total. The van der Waals surface area contributed by atoms with Gasteiger partial charge in [-0.25, -0.2) is 13.2 Å². The molecule has 1 heterocycles. The summed E-state index contributed by atoms with van der Waals surface area (Å²) in [5.74, 6) is -3.19. The molecule has 15 heteroatoms. The second-order valence-corrected chi connectivity index (χ2v) is 11.2.